The summed E-state index contributed by atoms with van der Waals surface area (Å²) in [6, 6.07) is 12.9. The van der Waals surface area contributed by atoms with E-state index in [9.17, 15) is 9.59 Å². The molecule has 0 spiro atoms. The first kappa shape index (κ1) is 17.1. The molecule has 27 heavy (non-hydrogen) atoms. The van der Waals surface area contributed by atoms with E-state index in [-0.39, 0.29) is 11.7 Å². The zero-order chi connectivity index (χ0) is 18.6. The summed E-state index contributed by atoms with van der Waals surface area (Å²) in [5, 5.41) is 2.92. The largest absolute Gasteiger partial charge is 0.322 e. The molecule has 134 valence electrons. The number of carbonyl (C=O) groups excluding carboxylic acids is 2. The van der Waals surface area contributed by atoms with Crippen LogP contribution in [0.3, 0.4) is 0 Å². The second kappa shape index (κ2) is 7.50. The van der Waals surface area contributed by atoms with Gasteiger partial charge in [-0.2, -0.15) is 0 Å². The minimum atomic E-state index is -0.176. The van der Waals surface area contributed by atoms with Gasteiger partial charge >= 0.3 is 0 Å². The highest BCUT2D eigenvalue weighted by Gasteiger charge is 2.17. The summed E-state index contributed by atoms with van der Waals surface area (Å²) in [5.74, 6) is 0.000212. The highest BCUT2D eigenvalue weighted by molar-refractivity contribution is 6.06. The summed E-state index contributed by atoms with van der Waals surface area (Å²) in [4.78, 5) is 32.8. The van der Waals surface area contributed by atoms with Gasteiger partial charge < -0.3 is 5.32 Å². The van der Waals surface area contributed by atoms with Crippen molar-refractivity contribution in [3.8, 4) is 11.1 Å². The molecule has 0 atom stereocenters. The number of ketones is 1. The van der Waals surface area contributed by atoms with Crippen LogP contribution in [-0.2, 0) is 6.42 Å². The average molecular weight is 357 g/mol. The summed E-state index contributed by atoms with van der Waals surface area (Å²) in [6.45, 7) is 0. The van der Waals surface area contributed by atoms with E-state index < -0.39 is 0 Å². The minimum absolute atomic E-state index is 0.176. The Hall–Kier alpha value is -3.34. The van der Waals surface area contributed by atoms with Crippen LogP contribution in [0.4, 0.5) is 5.69 Å². The van der Waals surface area contributed by atoms with Crippen molar-refractivity contribution in [2.75, 3.05) is 5.32 Å². The highest BCUT2D eigenvalue weighted by atomic mass is 16.1. The van der Waals surface area contributed by atoms with Gasteiger partial charge in [0.15, 0.2) is 5.78 Å². The van der Waals surface area contributed by atoms with Crippen molar-refractivity contribution in [3.05, 3.63) is 77.9 Å². The molecule has 2 aromatic carbocycles. The molecule has 1 aromatic heterocycles. The van der Waals surface area contributed by atoms with Gasteiger partial charge in [-0.1, -0.05) is 18.2 Å². The third kappa shape index (κ3) is 3.77. The molecule has 1 amide bonds. The molecule has 0 saturated heterocycles. The third-order valence-electron chi connectivity index (χ3n) is 4.80. The fraction of sp³-hybridized carbons (Fsp3) is 0.182. The van der Waals surface area contributed by atoms with Crippen LogP contribution in [0.15, 0.2) is 61.2 Å². The average Bonchev–Trinajstić information content (AvgIpc) is 2.90. The van der Waals surface area contributed by atoms with Crippen LogP contribution in [0, 0.1) is 0 Å². The molecular formula is C22H19N3O2. The molecule has 3 aromatic rings. The van der Waals surface area contributed by atoms with E-state index in [1.165, 1.54) is 6.33 Å². The molecule has 4 rings (SSSR count). The number of amides is 1. The fourth-order valence-electron chi connectivity index (χ4n) is 3.35. The van der Waals surface area contributed by atoms with E-state index in [0.717, 1.165) is 41.5 Å². The van der Waals surface area contributed by atoms with Crippen LogP contribution in [0.5, 0.6) is 0 Å². The Kier molecular flexibility index (Phi) is 4.75. The van der Waals surface area contributed by atoms with E-state index in [2.05, 4.69) is 15.3 Å². The lowest BCUT2D eigenvalue weighted by Crippen LogP contribution is -2.13. The zero-order valence-corrected chi connectivity index (χ0v) is 14.8. The number of Topliss-reactive ketones (excluding diaryl/α,β-unsaturated/α-hetero) is 1. The monoisotopic (exact) mass is 357 g/mol. The van der Waals surface area contributed by atoms with Gasteiger partial charge in [-0.25, -0.2) is 9.97 Å². The van der Waals surface area contributed by atoms with E-state index >= 15 is 0 Å². The maximum Gasteiger partial charge on any atom is 0.255 e. The van der Waals surface area contributed by atoms with Crippen molar-refractivity contribution in [3.63, 3.8) is 0 Å². The Balaban J connectivity index is 1.51. The van der Waals surface area contributed by atoms with Crippen LogP contribution in [0.1, 0.15) is 45.5 Å². The predicted octanol–water partition coefficient (Wildman–Crippen LogP) is 4.31. The van der Waals surface area contributed by atoms with Gasteiger partial charge in [-0.3, -0.25) is 9.59 Å². The van der Waals surface area contributed by atoms with Crippen LogP contribution >= 0.6 is 0 Å². The minimum Gasteiger partial charge on any atom is -0.322 e. The van der Waals surface area contributed by atoms with Crippen molar-refractivity contribution in [1.29, 1.82) is 0 Å². The summed E-state index contributed by atoms with van der Waals surface area (Å²) in [6.07, 6.45) is 8.32. The number of nitrogens with zero attached hydrogens (tertiary/aromatic N) is 2. The molecule has 5 heteroatoms. The smallest absolute Gasteiger partial charge is 0.255 e. The Morgan fingerprint density at radius 3 is 2.41 bits per heavy atom. The molecule has 0 unspecified atom stereocenters. The third-order valence-corrected chi connectivity index (χ3v) is 4.80. The number of aromatic nitrogens is 2. The molecule has 0 saturated carbocycles. The molecule has 1 aliphatic carbocycles. The van der Waals surface area contributed by atoms with E-state index in [1.54, 1.807) is 24.5 Å². The second-order valence-electron chi connectivity index (χ2n) is 6.66. The van der Waals surface area contributed by atoms with Crippen LogP contribution in [0.25, 0.3) is 11.1 Å². The zero-order valence-electron chi connectivity index (χ0n) is 14.8. The number of carbonyl (C=O) groups is 2. The van der Waals surface area contributed by atoms with Gasteiger partial charge in [-0.15, -0.1) is 0 Å². The molecule has 1 N–H and O–H groups in total. The number of anilines is 1. The fourth-order valence-corrected chi connectivity index (χ4v) is 3.35. The number of nitrogens with one attached hydrogen (secondary N) is 1. The number of hydrogen-bond acceptors (Lipinski definition) is 4. The SMILES string of the molecule is O=C(Nc1ccc(-c2cncnc2)cc1)c1ccc2c(c1)CCCCC2=O. The molecule has 5 nitrogen and oxygen atoms in total. The van der Waals surface area contributed by atoms with Crippen molar-refractivity contribution in [1.82, 2.24) is 9.97 Å². The standard InChI is InChI=1S/C22H19N3O2/c26-21-4-2-1-3-16-11-17(7-10-20(16)21)22(27)25-19-8-5-15(6-9-19)18-12-23-14-24-13-18/h5-14H,1-4H2,(H,25,27). The Bertz CT molecular complexity index is 982. The summed E-state index contributed by atoms with van der Waals surface area (Å²) in [5.41, 5.74) is 4.93. The van der Waals surface area contributed by atoms with Crippen molar-refractivity contribution in [2.24, 2.45) is 0 Å². The molecule has 0 aliphatic heterocycles. The van der Waals surface area contributed by atoms with Crippen molar-refractivity contribution in [2.45, 2.75) is 25.7 Å². The summed E-state index contributed by atoms with van der Waals surface area (Å²) >= 11 is 0. The van der Waals surface area contributed by atoms with E-state index in [1.807, 2.05) is 30.3 Å². The van der Waals surface area contributed by atoms with Gasteiger partial charge in [0.25, 0.3) is 5.91 Å². The van der Waals surface area contributed by atoms with Crippen LogP contribution in [0.2, 0.25) is 0 Å². The van der Waals surface area contributed by atoms with Gasteiger partial charge in [-0.05, 0) is 54.7 Å². The first-order chi connectivity index (χ1) is 13.2. The van der Waals surface area contributed by atoms with Gasteiger partial charge in [0.2, 0.25) is 0 Å². The number of rotatable bonds is 3. The summed E-state index contributed by atoms with van der Waals surface area (Å²) < 4.78 is 0. The lowest BCUT2D eigenvalue weighted by atomic mass is 9.99. The quantitative estimate of drug-likeness (QED) is 0.709. The second-order valence-corrected chi connectivity index (χ2v) is 6.66. The first-order valence-corrected chi connectivity index (χ1v) is 9.03. The Labute approximate surface area is 157 Å². The Morgan fingerprint density at radius 1 is 0.889 bits per heavy atom. The van der Waals surface area contributed by atoms with Crippen molar-refractivity contribution >= 4 is 17.4 Å². The summed E-state index contributed by atoms with van der Waals surface area (Å²) in [7, 11) is 0. The highest BCUT2D eigenvalue weighted by Crippen LogP contribution is 2.23. The maximum atomic E-state index is 12.6. The van der Waals surface area contributed by atoms with E-state index in [0.29, 0.717) is 17.7 Å². The van der Waals surface area contributed by atoms with Crippen LogP contribution in [-0.4, -0.2) is 21.7 Å². The Morgan fingerprint density at radius 2 is 1.63 bits per heavy atom. The van der Waals surface area contributed by atoms with Gasteiger partial charge in [0, 0.05) is 41.2 Å². The molecule has 0 fully saturated rings. The molecule has 1 aliphatic rings. The van der Waals surface area contributed by atoms with Gasteiger partial charge in [0.1, 0.15) is 6.33 Å². The number of hydrogen-bond donors (Lipinski definition) is 1. The number of aryl methyl sites for hydroxylation is 1. The van der Waals surface area contributed by atoms with Gasteiger partial charge in [0.05, 0.1) is 0 Å². The predicted molar refractivity (Wildman–Crippen MR) is 104 cm³/mol. The lowest BCUT2D eigenvalue weighted by molar-refractivity contribution is 0.0979. The molecular weight excluding hydrogens is 338 g/mol. The molecule has 0 radical (unpaired) electrons. The molecule has 0 bridgehead atoms. The normalized spacial score (nSPS) is 13.6. The van der Waals surface area contributed by atoms with Crippen LogP contribution < -0.4 is 5.32 Å². The molecule has 1 heterocycles. The number of benzene rings is 2. The van der Waals surface area contributed by atoms with E-state index in [4.69, 9.17) is 0 Å². The maximum absolute atomic E-state index is 12.6. The lowest BCUT2D eigenvalue weighted by Gasteiger charge is -2.10. The first-order valence-electron chi connectivity index (χ1n) is 9.03. The van der Waals surface area contributed by atoms with Crippen molar-refractivity contribution < 1.29 is 9.59 Å². The number of fused-ring (bicyclic) bond motifs is 1. The topological polar surface area (TPSA) is 72.0 Å².